The van der Waals surface area contributed by atoms with E-state index in [1.54, 1.807) is 6.42 Å². The van der Waals surface area contributed by atoms with Crippen LogP contribution in [0.5, 0.6) is 0 Å². The third kappa shape index (κ3) is 2.21. The maximum Gasteiger partial charge on any atom is 0.0333 e. The molecule has 0 aromatic heterocycles. The lowest BCUT2D eigenvalue weighted by atomic mass is 9.85. The Hall–Kier alpha value is 0.290. The average Bonchev–Trinajstić information content (AvgIpc) is 2.74. The van der Waals surface area contributed by atoms with Gasteiger partial charge in [0.1, 0.15) is 0 Å². The smallest absolute Gasteiger partial charge is 0.0333 e. The molecule has 0 aromatic carbocycles. The standard InChI is InChI=1S/C12H21Cl/c1-2-12(13)6-5-11-8-9-3-4-10(11)7-9/h9-12H,2-8H2,1H3. The van der Waals surface area contributed by atoms with Crippen molar-refractivity contribution in [1.29, 1.82) is 0 Å². The van der Waals surface area contributed by atoms with Gasteiger partial charge in [-0.2, -0.15) is 0 Å². The molecule has 0 nitrogen and oxygen atoms in total. The molecular weight excluding hydrogens is 180 g/mol. The maximum atomic E-state index is 6.15. The van der Waals surface area contributed by atoms with E-state index < -0.39 is 0 Å². The molecule has 2 rings (SSSR count). The molecule has 2 aliphatic carbocycles. The number of hydrogen-bond donors (Lipinski definition) is 0. The lowest BCUT2D eigenvalue weighted by Crippen LogP contribution is -2.12. The molecule has 13 heavy (non-hydrogen) atoms. The van der Waals surface area contributed by atoms with Gasteiger partial charge < -0.3 is 0 Å². The highest BCUT2D eigenvalue weighted by atomic mass is 35.5. The zero-order valence-corrected chi connectivity index (χ0v) is 9.39. The molecule has 4 unspecified atom stereocenters. The summed E-state index contributed by atoms with van der Waals surface area (Å²) in [7, 11) is 0. The predicted octanol–water partition coefficient (Wildman–Crippen LogP) is 4.22. The molecule has 0 aliphatic heterocycles. The lowest BCUT2D eigenvalue weighted by Gasteiger charge is -2.22. The van der Waals surface area contributed by atoms with Crippen molar-refractivity contribution < 1.29 is 0 Å². The number of halogens is 1. The minimum absolute atomic E-state index is 0.444. The van der Waals surface area contributed by atoms with Gasteiger partial charge >= 0.3 is 0 Å². The molecule has 0 spiro atoms. The van der Waals surface area contributed by atoms with Crippen LogP contribution in [0.1, 0.15) is 51.9 Å². The molecule has 0 radical (unpaired) electrons. The highest BCUT2D eigenvalue weighted by Crippen LogP contribution is 2.50. The average molecular weight is 201 g/mol. The Balaban J connectivity index is 1.71. The molecule has 0 aromatic rings. The first-order valence-corrected chi connectivity index (χ1v) is 6.37. The molecule has 0 amide bonds. The fraction of sp³-hybridized carbons (Fsp3) is 1.00. The second-order valence-electron chi connectivity index (χ2n) is 5.02. The van der Waals surface area contributed by atoms with Gasteiger partial charge in [-0.25, -0.2) is 0 Å². The first-order valence-electron chi connectivity index (χ1n) is 5.93. The van der Waals surface area contributed by atoms with Gasteiger partial charge in [-0.3, -0.25) is 0 Å². The Morgan fingerprint density at radius 2 is 2.15 bits per heavy atom. The maximum absolute atomic E-state index is 6.15. The Morgan fingerprint density at radius 3 is 2.69 bits per heavy atom. The van der Waals surface area contributed by atoms with Crippen LogP contribution in [0.2, 0.25) is 0 Å². The predicted molar refractivity (Wildman–Crippen MR) is 58.1 cm³/mol. The minimum Gasteiger partial charge on any atom is -0.123 e. The molecule has 4 atom stereocenters. The van der Waals surface area contributed by atoms with Crippen molar-refractivity contribution in [2.75, 3.05) is 0 Å². The van der Waals surface area contributed by atoms with Crippen molar-refractivity contribution >= 4 is 11.6 Å². The largest absolute Gasteiger partial charge is 0.123 e. The first-order chi connectivity index (χ1) is 6.29. The van der Waals surface area contributed by atoms with Crippen LogP contribution in [0.15, 0.2) is 0 Å². The molecule has 2 bridgehead atoms. The summed E-state index contributed by atoms with van der Waals surface area (Å²) in [6.45, 7) is 2.19. The van der Waals surface area contributed by atoms with Gasteiger partial charge in [0.15, 0.2) is 0 Å². The Labute approximate surface area is 87.0 Å². The molecule has 2 saturated carbocycles. The molecule has 0 saturated heterocycles. The van der Waals surface area contributed by atoms with Gasteiger partial charge in [0.05, 0.1) is 0 Å². The summed E-state index contributed by atoms with van der Waals surface area (Å²) >= 11 is 6.15. The quantitative estimate of drug-likeness (QED) is 0.597. The van der Waals surface area contributed by atoms with Gasteiger partial charge in [0, 0.05) is 5.38 Å². The molecular formula is C12H21Cl. The van der Waals surface area contributed by atoms with Crippen molar-refractivity contribution in [3.8, 4) is 0 Å². The van der Waals surface area contributed by atoms with Crippen LogP contribution in [0, 0.1) is 17.8 Å². The summed E-state index contributed by atoms with van der Waals surface area (Å²) in [5, 5.41) is 0.444. The summed E-state index contributed by atoms with van der Waals surface area (Å²) in [5.74, 6) is 3.24. The summed E-state index contributed by atoms with van der Waals surface area (Å²) in [6.07, 6.45) is 9.92. The number of hydrogen-bond acceptors (Lipinski definition) is 0. The molecule has 0 N–H and O–H groups in total. The third-order valence-electron chi connectivity index (χ3n) is 4.18. The zero-order chi connectivity index (χ0) is 9.26. The number of rotatable bonds is 4. The van der Waals surface area contributed by atoms with Crippen molar-refractivity contribution in [3.05, 3.63) is 0 Å². The van der Waals surface area contributed by atoms with Crippen LogP contribution in [-0.4, -0.2) is 5.38 Å². The van der Waals surface area contributed by atoms with E-state index in [4.69, 9.17) is 11.6 Å². The van der Waals surface area contributed by atoms with Gasteiger partial charge in [0.25, 0.3) is 0 Å². The van der Waals surface area contributed by atoms with Gasteiger partial charge in [-0.15, -0.1) is 11.6 Å². The topological polar surface area (TPSA) is 0 Å². The Bertz CT molecular complexity index is 167. The van der Waals surface area contributed by atoms with Crippen molar-refractivity contribution in [2.45, 2.75) is 57.2 Å². The Morgan fingerprint density at radius 1 is 1.31 bits per heavy atom. The monoisotopic (exact) mass is 200 g/mol. The van der Waals surface area contributed by atoms with Crippen molar-refractivity contribution in [2.24, 2.45) is 17.8 Å². The van der Waals surface area contributed by atoms with E-state index in [-0.39, 0.29) is 0 Å². The van der Waals surface area contributed by atoms with E-state index >= 15 is 0 Å². The van der Waals surface area contributed by atoms with Gasteiger partial charge in [-0.1, -0.05) is 13.3 Å². The van der Waals surface area contributed by atoms with E-state index in [1.807, 2.05) is 0 Å². The van der Waals surface area contributed by atoms with E-state index in [0.717, 1.165) is 24.2 Å². The molecule has 1 heteroatoms. The highest BCUT2D eigenvalue weighted by Gasteiger charge is 2.38. The fourth-order valence-electron chi connectivity index (χ4n) is 3.33. The van der Waals surface area contributed by atoms with Crippen LogP contribution >= 0.6 is 11.6 Å². The molecule has 76 valence electrons. The third-order valence-corrected chi connectivity index (χ3v) is 4.71. The summed E-state index contributed by atoms with van der Waals surface area (Å²) in [5.41, 5.74) is 0. The Kier molecular flexibility index (Phi) is 3.18. The van der Waals surface area contributed by atoms with Crippen LogP contribution in [-0.2, 0) is 0 Å². The van der Waals surface area contributed by atoms with Crippen LogP contribution in [0.25, 0.3) is 0 Å². The van der Waals surface area contributed by atoms with Gasteiger partial charge in [0.2, 0.25) is 0 Å². The highest BCUT2D eigenvalue weighted by molar-refractivity contribution is 6.20. The van der Waals surface area contributed by atoms with E-state index in [0.29, 0.717) is 5.38 Å². The first kappa shape index (κ1) is 9.83. The normalized spacial score (nSPS) is 39.7. The van der Waals surface area contributed by atoms with Crippen LogP contribution in [0.3, 0.4) is 0 Å². The van der Waals surface area contributed by atoms with E-state index in [1.165, 1.54) is 32.1 Å². The lowest BCUT2D eigenvalue weighted by molar-refractivity contribution is 0.306. The summed E-state index contributed by atoms with van der Waals surface area (Å²) in [6, 6.07) is 0. The molecule has 0 heterocycles. The number of alkyl halides is 1. The van der Waals surface area contributed by atoms with Gasteiger partial charge in [-0.05, 0) is 56.3 Å². The van der Waals surface area contributed by atoms with E-state index in [2.05, 4.69) is 6.92 Å². The summed E-state index contributed by atoms with van der Waals surface area (Å²) in [4.78, 5) is 0. The molecule has 2 fully saturated rings. The second-order valence-corrected chi connectivity index (χ2v) is 5.64. The minimum atomic E-state index is 0.444. The van der Waals surface area contributed by atoms with Crippen LogP contribution in [0.4, 0.5) is 0 Å². The molecule has 2 aliphatic rings. The number of fused-ring (bicyclic) bond motifs is 2. The van der Waals surface area contributed by atoms with Crippen LogP contribution < -0.4 is 0 Å². The second kappa shape index (κ2) is 4.21. The van der Waals surface area contributed by atoms with Crippen molar-refractivity contribution in [1.82, 2.24) is 0 Å². The summed E-state index contributed by atoms with van der Waals surface area (Å²) < 4.78 is 0. The SMILES string of the molecule is CCC(Cl)CCC1CC2CCC1C2. The van der Waals surface area contributed by atoms with E-state index in [9.17, 15) is 0 Å². The fourth-order valence-corrected chi connectivity index (χ4v) is 3.46. The van der Waals surface area contributed by atoms with Crippen molar-refractivity contribution in [3.63, 3.8) is 0 Å². The zero-order valence-electron chi connectivity index (χ0n) is 8.64.